The maximum absolute atomic E-state index is 11.6. The predicted molar refractivity (Wildman–Crippen MR) is 52.9 cm³/mol. The molecular weight excluding hydrogens is 180 g/mol. The summed E-state index contributed by atoms with van der Waals surface area (Å²) in [5, 5.41) is 6.22. The molecule has 0 aliphatic carbocycles. The maximum Gasteiger partial charge on any atom is 0.225 e. The Balaban J connectivity index is 1.79. The molecular formula is C10H18N2O2. The molecule has 0 aromatic rings. The van der Waals surface area contributed by atoms with Crippen molar-refractivity contribution in [3.05, 3.63) is 0 Å². The van der Waals surface area contributed by atoms with Crippen molar-refractivity contribution in [3.63, 3.8) is 0 Å². The van der Waals surface area contributed by atoms with E-state index >= 15 is 0 Å². The molecule has 2 unspecified atom stereocenters. The molecule has 0 aromatic carbocycles. The highest BCUT2D eigenvalue weighted by Gasteiger charge is 2.29. The van der Waals surface area contributed by atoms with Crippen LogP contribution >= 0.6 is 0 Å². The van der Waals surface area contributed by atoms with Crippen molar-refractivity contribution in [2.24, 2.45) is 11.8 Å². The van der Waals surface area contributed by atoms with Crippen LogP contribution in [0.1, 0.15) is 13.3 Å². The van der Waals surface area contributed by atoms with Crippen LogP contribution in [-0.2, 0) is 9.53 Å². The van der Waals surface area contributed by atoms with E-state index in [1.807, 2.05) is 0 Å². The quantitative estimate of drug-likeness (QED) is 0.643. The zero-order chi connectivity index (χ0) is 9.97. The monoisotopic (exact) mass is 198 g/mol. The van der Waals surface area contributed by atoms with Gasteiger partial charge in [-0.2, -0.15) is 0 Å². The minimum atomic E-state index is 0.199. The molecule has 2 saturated heterocycles. The minimum Gasteiger partial charge on any atom is -0.381 e. The first-order valence-electron chi connectivity index (χ1n) is 5.36. The second-order valence-electron chi connectivity index (χ2n) is 4.31. The van der Waals surface area contributed by atoms with E-state index in [9.17, 15) is 4.79 Å². The molecule has 4 nitrogen and oxygen atoms in total. The average molecular weight is 198 g/mol. The van der Waals surface area contributed by atoms with Crippen LogP contribution in [0.25, 0.3) is 0 Å². The van der Waals surface area contributed by atoms with Gasteiger partial charge in [0.05, 0.1) is 12.5 Å². The third-order valence-electron chi connectivity index (χ3n) is 3.12. The minimum absolute atomic E-state index is 0.199. The van der Waals surface area contributed by atoms with Gasteiger partial charge in [0.1, 0.15) is 0 Å². The lowest BCUT2D eigenvalue weighted by Crippen LogP contribution is -2.54. The molecule has 0 saturated carbocycles. The molecule has 80 valence electrons. The Morgan fingerprint density at radius 3 is 2.86 bits per heavy atom. The standard InChI is InChI=1S/C10H18N2O2/c1-7-6-14-3-2-9(7)12-10(13)8-4-11-5-8/h7-9,11H,2-6H2,1H3,(H,12,13). The first kappa shape index (κ1) is 9.93. The molecule has 2 atom stereocenters. The summed E-state index contributed by atoms with van der Waals surface area (Å²) in [5.41, 5.74) is 0. The number of carbonyl (C=O) groups excluding carboxylic acids is 1. The average Bonchev–Trinajstić information content (AvgIpc) is 2.05. The maximum atomic E-state index is 11.6. The van der Waals surface area contributed by atoms with Crippen molar-refractivity contribution in [1.82, 2.24) is 10.6 Å². The number of amides is 1. The molecule has 0 spiro atoms. The molecule has 0 radical (unpaired) electrons. The number of ether oxygens (including phenoxy) is 1. The van der Waals surface area contributed by atoms with E-state index in [0.717, 1.165) is 32.7 Å². The van der Waals surface area contributed by atoms with E-state index in [-0.39, 0.29) is 11.8 Å². The third kappa shape index (κ3) is 2.07. The van der Waals surface area contributed by atoms with Crippen molar-refractivity contribution in [1.29, 1.82) is 0 Å². The summed E-state index contributed by atoms with van der Waals surface area (Å²) < 4.78 is 5.33. The summed E-state index contributed by atoms with van der Waals surface area (Å²) in [6, 6.07) is 0.317. The molecule has 1 amide bonds. The van der Waals surface area contributed by atoms with Crippen LogP contribution in [0.4, 0.5) is 0 Å². The van der Waals surface area contributed by atoms with E-state index < -0.39 is 0 Å². The molecule has 0 aromatic heterocycles. The Morgan fingerprint density at radius 1 is 1.50 bits per heavy atom. The third-order valence-corrected chi connectivity index (χ3v) is 3.12. The van der Waals surface area contributed by atoms with Gasteiger partial charge in [0.2, 0.25) is 5.91 Å². The van der Waals surface area contributed by atoms with Gasteiger partial charge < -0.3 is 15.4 Å². The fourth-order valence-electron chi connectivity index (χ4n) is 1.87. The van der Waals surface area contributed by atoms with Gasteiger partial charge in [-0.25, -0.2) is 0 Å². The van der Waals surface area contributed by atoms with Gasteiger partial charge in [0.25, 0.3) is 0 Å². The molecule has 2 heterocycles. The Bertz CT molecular complexity index is 216. The highest BCUT2D eigenvalue weighted by atomic mass is 16.5. The van der Waals surface area contributed by atoms with Crippen LogP contribution in [0.3, 0.4) is 0 Å². The zero-order valence-electron chi connectivity index (χ0n) is 8.58. The van der Waals surface area contributed by atoms with Gasteiger partial charge in [-0.1, -0.05) is 6.92 Å². The molecule has 14 heavy (non-hydrogen) atoms. The smallest absolute Gasteiger partial charge is 0.225 e. The summed E-state index contributed by atoms with van der Waals surface area (Å²) >= 11 is 0. The van der Waals surface area contributed by atoms with Gasteiger partial charge in [0.15, 0.2) is 0 Å². The summed E-state index contributed by atoms with van der Waals surface area (Å²) in [6.45, 7) is 5.35. The summed E-state index contributed by atoms with van der Waals surface area (Å²) in [5.74, 6) is 0.855. The van der Waals surface area contributed by atoms with Crippen LogP contribution in [0.5, 0.6) is 0 Å². The largest absolute Gasteiger partial charge is 0.381 e. The highest BCUT2D eigenvalue weighted by molar-refractivity contribution is 5.80. The topological polar surface area (TPSA) is 50.4 Å². The second-order valence-corrected chi connectivity index (χ2v) is 4.31. The van der Waals surface area contributed by atoms with Crippen molar-refractivity contribution < 1.29 is 9.53 Å². The summed E-state index contributed by atoms with van der Waals surface area (Å²) in [6.07, 6.45) is 0.951. The number of hydrogen-bond donors (Lipinski definition) is 2. The molecule has 2 aliphatic rings. The van der Waals surface area contributed by atoms with Crippen molar-refractivity contribution in [3.8, 4) is 0 Å². The molecule has 2 rings (SSSR count). The Kier molecular flexibility index (Phi) is 3.03. The van der Waals surface area contributed by atoms with E-state index in [4.69, 9.17) is 4.74 Å². The van der Waals surface area contributed by atoms with Gasteiger partial charge in [-0.05, 0) is 12.3 Å². The second kappa shape index (κ2) is 4.28. The van der Waals surface area contributed by atoms with Gasteiger partial charge in [-0.3, -0.25) is 4.79 Å². The SMILES string of the molecule is CC1COCCC1NC(=O)C1CNC1. The van der Waals surface area contributed by atoms with Gasteiger partial charge in [-0.15, -0.1) is 0 Å². The molecule has 2 aliphatic heterocycles. The molecule has 2 fully saturated rings. The normalized spacial score (nSPS) is 33.5. The Hall–Kier alpha value is -0.610. The predicted octanol–water partition coefficient (Wildman–Crippen LogP) is -0.253. The summed E-state index contributed by atoms with van der Waals surface area (Å²) in [7, 11) is 0. The van der Waals surface area contributed by atoms with Crippen LogP contribution in [-0.4, -0.2) is 38.3 Å². The fraction of sp³-hybridized carbons (Fsp3) is 0.900. The first-order valence-corrected chi connectivity index (χ1v) is 5.36. The Morgan fingerprint density at radius 2 is 2.29 bits per heavy atom. The fourth-order valence-corrected chi connectivity index (χ4v) is 1.87. The number of carbonyl (C=O) groups is 1. The number of nitrogens with one attached hydrogen (secondary N) is 2. The van der Waals surface area contributed by atoms with Crippen LogP contribution in [0.2, 0.25) is 0 Å². The number of hydrogen-bond acceptors (Lipinski definition) is 3. The van der Waals surface area contributed by atoms with Crippen LogP contribution in [0.15, 0.2) is 0 Å². The van der Waals surface area contributed by atoms with E-state index in [1.165, 1.54) is 0 Å². The lowest BCUT2D eigenvalue weighted by atomic mass is 9.95. The molecule has 0 bridgehead atoms. The van der Waals surface area contributed by atoms with Gasteiger partial charge >= 0.3 is 0 Å². The Labute approximate surface area is 84.4 Å². The van der Waals surface area contributed by atoms with Crippen LogP contribution in [0, 0.1) is 11.8 Å². The van der Waals surface area contributed by atoms with Crippen LogP contribution < -0.4 is 10.6 Å². The summed E-state index contributed by atoms with van der Waals surface area (Å²) in [4.78, 5) is 11.6. The van der Waals surface area contributed by atoms with Crippen molar-refractivity contribution in [2.45, 2.75) is 19.4 Å². The highest BCUT2D eigenvalue weighted by Crippen LogP contribution is 2.15. The van der Waals surface area contributed by atoms with E-state index in [1.54, 1.807) is 0 Å². The lowest BCUT2D eigenvalue weighted by Gasteiger charge is -2.33. The molecule has 2 N–H and O–H groups in total. The van der Waals surface area contributed by atoms with Gasteiger partial charge in [0, 0.05) is 25.7 Å². The molecule has 4 heteroatoms. The van der Waals surface area contributed by atoms with Crippen molar-refractivity contribution >= 4 is 5.91 Å². The first-order chi connectivity index (χ1) is 6.77. The van der Waals surface area contributed by atoms with E-state index in [2.05, 4.69) is 17.6 Å². The zero-order valence-corrected chi connectivity index (χ0v) is 8.58. The van der Waals surface area contributed by atoms with Crippen molar-refractivity contribution in [2.75, 3.05) is 26.3 Å². The lowest BCUT2D eigenvalue weighted by molar-refractivity contribution is -0.128. The van der Waals surface area contributed by atoms with E-state index in [0.29, 0.717) is 12.0 Å². The number of rotatable bonds is 2.